The van der Waals surface area contributed by atoms with E-state index in [4.69, 9.17) is 17.3 Å². The molecule has 1 heterocycles. The van der Waals surface area contributed by atoms with Gasteiger partial charge >= 0.3 is 5.97 Å². The van der Waals surface area contributed by atoms with Crippen LogP contribution in [-0.2, 0) is 9.59 Å². The molecular weight excluding hydrogens is 302 g/mol. The third kappa shape index (κ3) is 2.91. The molecule has 0 saturated carbocycles. The summed E-state index contributed by atoms with van der Waals surface area (Å²) in [7, 11) is 0. The van der Waals surface area contributed by atoms with E-state index in [2.05, 4.69) is 0 Å². The molecule has 0 atom stereocenters. The number of carboxylic acid groups (broad SMARTS) is 1. The number of carbonyl (C=O) groups excluding carboxylic acids is 1. The summed E-state index contributed by atoms with van der Waals surface area (Å²) in [6, 6.07) is 3.95. The lowest BCUT2D eigenvalue weighted by molar-refractivity contribution is -0.140. The van der Waals surface area contributed by atoms with Gasteiger partial charge in [0.05, 0.1) is 4.91 Å². The third-order valence-electron chi connectivity index (χ3n) is 2.47. The summed E-state index contributed by atoms with van der Waals surface area (Å²) in [6.45, 7) is -0.496. The van der Waals surface area contributed by atoms with Gasteiger partial charge in [0, 0.05) is 11.6 Å². The molecule has 0 spiro atoms. The zero-order chi connectivity index (χ0) is 14.9. The van der Waals surface area contributed by atoms with Gasteiger partial charge in [-0.25, -0.2) is 0 Å². The van der Waals surface area contributed by atoms with Crippen LogP contribution in [0.15, 0.2) is 23.1 Å². The standard InChI is InChI=1S/C12H9NO5S2/c14-7-2-1-6(8(15)4-7)3-9-11(18)13(5-10(16)17)12(19)20-9/h1-4,14-15H,5H2,(H,16,17). The minimum Gasteiger partial charge on any atom is -0.508 e. The molecule has 3 N–H and O–H groups in total. The Morgan fingerprint density at radius 3 is 2.70 bits per heavy atom. The number of hydrogen-bond acceptors (Lipinski definition) is 6. The molecule has 2 rings (SSSR count). The monoisotopic (exact) mass is 311 g/mol. The van der Waals surface area contributed by atoms with Crippen molar-refractivity contribution in [1.29, 1.82) is 0 Å². The lowest BCUT2D eigenvalue weighted by Gasteiger charge is -2.10. The van der Waals surface area contributed by atoms with Crippen LogP contribution in [0.25, 0.3) is 6.08 Å². The van der Waals surface area contributed by atoms with Crippen LogP contribution in [-0.4, -0.2) is 43.0 Å². The number of aliphatic carboxylic acids is 1. The Labute approximate surface area is 123 Å². The van der Waals surface area contributed by atoms with Crippen molar-refractivity contribution in [3.63, 3.8) is 0 Å². The predicted octanol–water partition coefficient (Wildman–Crippen LogP) is 1.38. The number of nitrogens with zero attached hydrogens (tertiary/aromatic N) is 1. The number of hydrogen-bond donors (Lipinski definition) is 3. The smallest absolute Gasteiger partial charge is 0.323 e. The fraction of sp³-hybridized carbons (Fsp3) is 0.0833. The minimum atomic E-state index is -1.16. The van der Waals surface area contributed by atoms with E-state index in [-0.39, 0.29) is 20.7 Å². The molecule has 8 heteroatoms. The summed E-state index contributed by atoms with van der Waals surface area (Å²) < 4.78 is 0.155. The Morgan fingerprint density at radius 2 is 2.10 bits per heavy atom. The van der Waals surface area contributed by atoms with Gasteiger partial charge in [-0.1, -0.05) is 24.0 Å². The number of rotatable bonds is 3. The predicted molar refractivity (Wildman–Crippen MR) is 77.3 cm³/mol. The Morgan fingerprint density at radius 1 is 1.40 bits per heavy atom. The van der Waals surface area contributed by atoms with Crippen LogP contribution >= 0.6 is 24.0 Å². The zero-order valence-electron chi connectivity index (χ0n) is 9.94. The van der Waals surface area contributed by atoms with Crippen LogP contribution in [0.2, 0.25) is 0 Å². The van der Waals surface area contributed by atoms with Crippen molar-refractivity contribution >= 4 is 46.3 Å². The highest BCUT2D eigenvalue weighted by atomic mass is 32.2. The summed E-state index contributed by atoms with van der Waals surface area (Å²) in [5.41, 5.74) is 0.332. The molecule has 20 heavy (non-hydrogen) atoms. The first kappa shape index (κ1) is 14.4. The normalized spacial score (nSPS) is 17.0. The Bertz CT molecular complexity index is 641. The van der Waals surface area contributed by atoms with E-state index in [0.717, 1.165) is 22.7 Å². The quantitative estimate of drug-likeness (QED) is 0.573. The summed E-state index contributed by atoms with van der Waals surface area (Å²) in [5.74, 6) is -1.96. The number of carbonyl (C=O) groups is 2. The molecule has 6 nitrogen and oxygen atoms in total. The zero-order valence-corrected chi connectivity index (χ0v) is 11.6. The van der Waals surface area contributed by atoms with Gasteiger partial charge in [0.25, 0.3) is 5.91 Å². The SMILES string of the molecule is O=C(O)CN1C(=O)C(=Cc2ccc(O)cc2O)SC1=S. The molecule has 0 aliphatic carbocycles. The fourth-order valence-corrected chi connectivity index (χ4v) is 2.81. The van der Waals surface area contributed by atoms with Crippen molar-refractivity contribution < 1.29 is 24.9 Å². The number of amides is 1. The van der Waals surface area contributed by atoms with Gasteiger partial charge < -0.3 is 15.3 Å². The van der Waals surface area contributed by atoms with E-state index in [9.17, 15) is 19.8 Å². The van der Waals surface area contributed by atoms with Crippen LogP contribution in [0.3, 0.4) is 0 Å². The molecule has 1 saturated heterocycles. The van der Waals surface area contributed by atoms with Gasteiger partial charge in [-0.3, -0.25) is 14.5 Å². The highest BCUT2D eigenvalue weighted by Crippen LogP contribution is 2.34. The molecular formula is C12H9NO5S2. The molecule has 0 unspecified atom stereocenters. The van der Waals surface area contributed by atoms with Gasteiger partial charge in [0.2, 0.25) is 0 Å². The molecule has 1 aromatic rings. The van der Waals surface area contributed by atoms with E-state index in [1.807, 2.05) is 0 Å². The number of thioether (sulfide) groups is 1. The second-order valence-corrected chi connectivity index (χ2v) is 5.58. The maximum absolute atomic E-state index is 12.0. The van der Waals surface area contributed by atoms with E-state index >= 15 is 0 Å². The molecule has 0 bridgehead atoms. The van der Waals surface area contributed by atoms with Crippen LogP contribution in [0.5, 0.6) is 11.5 Å². The van der Waals surface area contributed by atoms with Crippen LogP contribution < -0.4 is 0 Å². The number of carboxylic acids is 1. The Hall–Kier alpha value is -2.06. The maximum Gasteiger partial charge on any atom is 0.323 e. The largest absolute Gasteiger partial charge is 0.508 e. The maximum atomic E-state index is 12.0. The summed E-state index contributed by atoms with van der Waals surface area (Å²) in [6.07, 6.45) is 1.40. The average molecular weight is 311 g/mol. The fourth-order valence-electron chi connectivity index (χ4n) is 1.57. The molecule has 1 aliphatic heterocycles. The second kappa shape index (κ2) is 5.51. The first-order chi connectivity index (χ1) is 9.38. The molecule has 0 aromatic heterocycles. The third-order valence-corrected chi connectivity index (χ3v) is 3.85. The van der Waals surface area contributed by atoms with E-state index < -0.39 is 18.4 Å². The minimum absolute atomic E-state index is 0.0990. The lowest BCUT2D eigenvalue weighted by Crippen LogP contribution is -2.33. The van der Waals surface area contributed by atoms with Crippen molar-refractivity contribution in [1.82, 2.24) is 4.90 Å². The Balaban J connectivity index is 2.30. The van der Waals surface area contributed by atoms with Crippen molar-refractivity contribution in [2.24, 2.45) is 0 Å². The molecule has 0 radical (unpaired) electrons. The number of phenolic OH excluding ortho intramolecular Hbond substituents is 2. The molecule has 1 fully saturated rings. The molecule has 104 valence electrons. The van der Waals surface area contributed by atoms with Crippen LogP contribution in [0, 0.1) is 0 Å². The van der Waals surface area contributed by atoms with Crippen molar-refractivity contribution in [2.45, 2.75) is 0 Å². The second-order valence-electron chi connectivity index (χ2n) is 3.90. The van der Waals surface area contributed by atoms with Crippen molar-refractivity contribution in [3.05, 3.63) is 28.7 Å². The lowest BCUT2D eigenvalue weighted by atomic mass is 10.1. The van der Waals surface area contributed by atoms with Gasteiger partial charge in [-0.15, -0.1) is 0 Å². The first-order valence-corrected chi connectivity index (χ1v) is 6.60. The molecule has 1 aliphatic rings. The van der Waals surface area contributed by atoms with E-state index in [0.29, 0.717) is 5.56 Å². The number of thiocarbonyl (C=S) groups is 1. The van der Waals surface area contributed by atoms with Crippen LogP contribution in [0.1, 0.15) is 5.56 Å². The first-order valence-electron chi connectivity index (χ1n) is 5.37. The highest BCUT2D eigenvalue weighted by molar-refractivity contribution is 8.26. The summed E-state index contributed by atoms with van der Waals surface area (Å²) >= 11 is 5.91. The van der Waals surface area contributed by atoms with Gasteiger partial charge in [0.1, 0.15) is 22.4 Å². The van der Waals surface area contributed by atoms with Gasteiger partial charge in [0.15, 0.2) is 0 Å². The van der Waals surface area contributed by atoms with Gasteiger partial charge in [-0.05, 0) is 18.2 Å². The van der Waals surface area contributed by atoms with Gasteiger partial charge in [-0.2, -0.15) is 0 Å². The summed E-state index contributed by atoms with van der Waals surface area (Å²) in [4.78, 5) is 23.8. The number of phenols is 2. The summed E-state index contributed by atoms with van der Waals surface area (Å²) in [5, 5.41) is 27.5. The molecule has 1 aromatic carbocycles. The molecule has 1 amide bonds. The van der Waals surface area contributed by atoms with Crippen molar-refractivity contribution in [2.75, 3.05) is 6.54 Å². The van der Waals surface area contributed by atoms with Crippen LogP contribution in [0.4, 0.5) is 0 Å². The Kier molecular flexibility index (Phi) is 3.96. The topological polar surface area (TPSA) is 98.1 Å². The highest BCUT2D eigenvalue weighted by Gasteiger charge is 2.33. The number of aromatic hydroxyl groups is 2. The van der Waals surface area contributed by atoms with E-state index in [1.54, 1.807) is 0 Å². The van der Waals surface area contributed by atoms with Crippen molar-refractivity contribution in [3.8, 4) is 11.5 Å². The average Bonchev–Trinajstić information content (AvgIpc) is 2.60. The van der Waals surface area contributed by atoms with E-state index in [1.165, 1.54) is 18.2 Å². The number of benzene rings is 1.